The van der Waals surface area contributed by atoms with Crippen LogP contribution in [0, 0.1) is 27.7 Å². The van der Waals surface area contributed by atoms with Crippen LogP contribution in [-0.2, 0) is 32.5 Å². The zero-order chi connectivity index (χ0) is 69.8. The van der Waals surface area contributed by atoms with Gasteiger partial charge in [0, 0.05) is 88.3 Å². The van der Waals surface area contributed by atoms with Crippen molar-refractivity contribution in [3.8, 4) is 23.0 Å². The van der Waals surface area contributed by atoms with Gasteiger partial charge in [0.15, 0.2) is 0 Å². The minimum atomic E-state index is -0.163. The molecule has 0 fully saturated rings. The number of fused-ring (bicyclic) bond motifs is 10. The Kier molecular flexibility index (Phi) is 14.5. The molecule has 6 aliphatic rings. The number of nitrogens with zero attached hydrogens (tertiary/aromatic N) is 4. The summed E-state index contributed by atoms with van der Waals surface area (Å²) in [4.78, 5) is 12.9. The molecule has 0 N–H and O–H groups in total. The summed E-state index contributed by atoms with van der Waals surface area (Å²) < 4.78 is 17.8. The fraction of sp³-hybridized carbons (Fsp3) is 0.311. The minimum absolute atomic E-state index is 0.00624. The zero-order valence-corrected chi connectivity index (χ0v) is 63.4. The molecule has 0 amide bonds. The van der Waals surface area contributed by atoms with Crippen LogP contribution < -0.4 is 60.5 Å². The Morgan fingerprint density at radius 2 is 0.710 bits per heavy atom. The molecule has 502 valence electrons. The Balaban J connectivity index is 0.961. The molecular weight excluding hydrogens is 1250 g/mol. The number of ether oxygens (including phenoxy) is 2. The molecule has 4 aliphatic heterocycles. The van der Waals surface area contributed by atoms with Crippen LogP contribution in [0.2, 0.25) is 0 Å². The third kappa shape index (κ3) is 10.0. The second-order valence-corrected chi connectivity index (χ2v) is 36.6. The van der Waals surface area contributed by atoms with E-state index in [1.165, 1.54) is 97.0 Å². The average Bonchev–Trinajstić information content (AvgIpc) is 1.08. The SMILES string of the molecule is Cc1ccccc1N(c1cc2c3c(c1)N(c1ccccc1)c1cc4c(cc1B3c1sc(C(C)(C)C)cc1O2)B1c2sc(C(C)(C)C)cc2Oc2cc(N(c3ccccc3C)c3cc5c(cc3C)C(C)(C)CCC5(C)C)cc(c21)N4c1ccccc1)c1cc2c(cc1C)C(C)(C)CCC2(C)C. The first-order valence-electron chi connectivity index (χ1n) is 36.4. The van der Waals surface area contributed by atoms with Crippen molar-refractivity contribution in [2.45, 2.75) is 183 Å². The standard InChI is InChI=1S/C90H92B2N4O2S2/c1-53-29-25-27-35-67(53)95(69-47-63-61(41-55(69)3)87(11,12)37-39-89(63,15)16)59-43-73-81-75(45-59)97-77-51-79(85(5,6)7)99-83(77)91(81)65-49-66-72(50-71(65)93(73)57-31-21-19-22-32-57)94(58-33-23-20-24-34-58)74-44-60(46-76-82(74)92(66)84-78(98-76)52-80(100-84)86(8,9)10)96(68-36-28-26-30-54(68)2)70-48-64-62(42-56(70)4)88(13,14)38-40-90(64,17)18/h19-36,41-52H,37-40H2,1-18H3. The highest BCUT2D eigenvalue weighted by Gasteiger charge is 2.51. The monoisotopic (exact) mass is 1350 g/mol. The summed E-state index contributed by atoms with van der Waals surface area (Å²) in [6.07, 6.45) is 4.56. The first kappa shape index (κ1) is 64.7. The molecule has 0 bridgehead atoms. The van der Waals surface area contributed by atoms with E-state index >= 15 is 0 Å². The minimum Gasteiger partial charge on any atom is -0.457 e. The van der Waals surface area contributed by atoms with Gasteiger partial charge in [0.25, 0.3) is 13.4 Å². The van der Waals surface area contributed by atoms with Gasteiger partial charge in [0.1, 0.15) is 23.0 Å². The normalized spacial score (nSPS) is 16.7. The van der Waals surface area contributed by atoms with Crippen LogP contribution in [0.25, 0.3) is 0 Å². The maximum absolute atomic E-state index is 7.64. The molecule has 100 heavy (non-hydrogen) atoms. The first-order valence-corrected chi connectivity index (χ1v) is 38.0. The van der Waals surface area contributed by atoms with E-state index in [9.17, 15) is 0 Å². The molecule has 9 aromatic carbocycles. The second-order valence-electron chi connectivity index (χ2n) is 34.5. The number of rotatable bonds is 8. The number of benzene rings is 9. The van der Waals surface area contributed by atoms with Crippen molar-refractivity contribution in [3.05, 3.63) is 236 Å². The molecule has 10 heteroatoms. The summed E-state index contributed by atoms with van der Waals surface area (Å²) in [7, 11) is 0. The number of para-hydroxylation sites is 4. The van der Waals surface area contributed by atoms with Crippen LogP contribution in [-0.4, -0.2) is 13.4 Å². The van der Waals surface area contributed by atoms with E-state index in [0.717, 1.165) is 106 Å². The van der Waals surface area contributed by atoms with Crippen LogP contribution in [0.3, 0.4) is 0 Å². The van der Waals surface area contributed by atoms with Gasteiger partial charge in [-0.2, -0.15) is 0 Å². The fourth-order valence-electron chi connectivity index (χ4n) is 17.5. The predicted molar refractivity (Wildman–Crippen MR) is 430 cm³/mol. The molecule has 0 spiro atoms. The lowest BCUT2D eigenvalue weighted by atomic mass is 9.33. The molecule has 2 aromatic heterocycles. The van der Waals surface area contributed by atoms with Gasteiger partial charge in [0.05, 0.1) is 11.4 Å². The summed E-state index contributed by atoms with van der Waals surface area (Å²) in [5.74, 6) is 3.65. The van der Waals surface area contributed by atoms with Gasteiger partial charge in [-0.25, -0.2) is 0 Å². The highest BCUT2D eigenvalue weighted by molar-refractivity contribution is 7.29. The van der Waals surface area contributed by atoms with Crippen molar-refractivity contribution >= 4 is 136 Å². The zero-order valence-electron chi connectivity index (χ0n) is 61.7. The maximum atomic E-state index is 7.64. The summed E-state index contributed by atoms with van der Waals surface area (Å²) in [6.45, 7) is 42.5. The van der Waals surface area contributed by atoms with Crippen molar-refractivity contribution < 1.29 is 9.47 Å². The van der Waals surface area contributed by atoms with E-state index in [2.05, 4.69) is 326 Å². The number of hydrogen-bond acceptors (Lipinski definition) is 8. The molecule has 17 rings (SSSR count). The van der Waals surface area contributed by atoms with Crippen molar-refractivity contribution in [2.75, 3.05) is 19.6 Å². The van der Waals surface area contributed by atoms with Gasteiger partial charge >= 0.3 is 0 Å². The van der Waals surface area contributed by atoms with Crippen molar-refractivity contribution in [1.29, 1.82) is 0 Å². The van der Waals surface area contributed by atoms with Gasteiger partial charge in [0.2, 0.25) is 0 Å². The Morgan fingerprint density at radius 1 is 0.360 bits per heavy atom. The third-order valence-electron chi connectivity index (χ3n) is 23.5. The lowest BCUT2D eigenvalue weighted by molar-refractivity contribution is 0.332. The van der Waals surface area contributed by atoms with Crippen molar-refractivity contribution in [3.63, 3.8) is 0 Å². The highest BCUT2D eigenvalue weighted by atomic mass is 32.1. The molecule has 6 heterocycles. The number of hydrogen-bond donors (Lipinski definition) is 0. The maximum Gasteiger partial charge on any atom is 0.268 e. The Hall–Kier alpha value is -8.69. The molecule has 2 aliphatic carbocycles. The lowest BCUT2D eigenvalue weighted by Crippen LogP contribution is -2.63. The van der Waals surface area contributed by atoms with Crippen molar-refractivity contribution in [2.24, 2.45) is 0 Å². The van der Waals surface area contributed by atoms with Crippen molar-refractivity contribution in [1.82, 2.24) is 0 Å². The summed E-state index contributed by atoms with van der Waals surface area (Å²) in [5, 5.41) is 0. The molecule has 0 radical (unpaired) electrons. The Labute approximate surface area is 602 Å². The van der Waals surface area contributed by atoms with E-state index in [-0.39, 0.29) is 45.9 Å². The molecule has 11 aromatic rings. The molecule has 6 nitrogen and oxygen atoms in total. The van der Waals surface area contributed by atoms with E-state index in [0.29, 0.717) is 0 Å². The van der Waals surface area contributed by atoms with Crippen LogP contribution in [0.15, 0.2) is 182 Å². The smallest absolute Gasteiger partial charge is 0.268 e. The molecule has 0 unspecified atom stereocenters. The predicted octanol–water partition coefficient (Wildman–Crippen LogP) is 22.1. The lowest BCUT2D eigenvalue weighted by Gasteiger charge is -2.45. The van der Waals surface area contributed by atoms with Crippen LogP contribution in [0.1, 0.15) is 177 Å². The summed E-state index contributed by atoms with van der Waals surface area (Å²) in [5.41, 5.74) is 28.9. The second kappa shape index (κ2) is 22.4. The number of aryl methyl sites for hydroxylation is 4. The van der Waals surface area contributed by atoms with E-state index in [1.807, 2.05) is 22.7 Å². The van der Waals surface area contributed by atoms with Crippen LogP contribution >= 0.6 is 22.7 Å². The molecule has 0 saturated heterocycles. The van der Waals surface area contributed by atoms with E-state index in [4.69, 9.17) is 9.47 Å². The number of thiophene rings is 2. The summed E-state index contributed by atoms with van der Waals surface area (Å²) in [6, 6.07) is 70.1. The highest BCUT2D eigenvalue weighted by Crippen LogP contribution is 2.56. The largest absolute Gasteiger partial charge is 0.457 e. The van der Waals surface area contributed by atoms with Gasteiger partial charge in [-0.3, -0.25) is 0 Å². The van der Waals surface area contributed by atoms with Crippen LogP contribution in [0.5, 0.6) is 23.0 Å². The average molecular weight is 1350 g/mol. The first-order chi connectivity index (χ1) is 47.5. The molecule has 0 saturated carbocycles. The Bertz CT molecular complexity index is 4900. The molecular formula is C90H92B2N4O2S2. The van der Waals surface area contributed by atoms with Gasteiger partial charge in [-0.1, -0.05) is 188 Å². The molecule has 0 atom stereocenters. The van der Waals surface area contributed by atoms with Gasteiger partial charge in [-0.15, -0.1) is 22.7 Å². The third-order valence-corrected chi connectivity index (χ3v) is 26.7. The van der Waals surface area contributed by atoms with Gasteiger partial charge in [-0.05, 0) is 231 Å². The number of anilines is 12. The Morgan fingerprint density at radius 3 is 1.07 bits per heavy atom. The van der Waals surface area contributed by atoms with Gasteiger partial charge < -0.3 is 29.1 Å². The van der Waals surface area contributed by atoms with Crippen LogP contribution in [0.4, 0.5) is 68.2 Å². The quantitative estimate of drug-likeness (QED) is 0.141. The van der Waals surface area contributed by atoms with E-state index in [1.54, 1.807) is 0 Å². The summed E-state index contributed by atoms with van der Waals surface area (Å²) >= 11 is 3.85. The topological polar surface area (TPSA) is 31.4 Å². The fourth-order valence-corrected chi connectivity index (χ4v) is 20.1. The van der Waals surface area contributed by atoms with E-state index < -0.39 is 0 Å².